The Morgan fingerprint density at radius 3 is 2.40 bits per heavy atom. The van der Waals surface area contributed by atoms with Gasteiger partial charge in [0.05, 0.1) is 0 Å². The monoisotopic (exact) mass is 215 g/mol. The van der Waals surface area contributed by atoms with Crippen molar-refractivity contribution in [2.45, 2.75) is 32.7 Å². The van der Waals surface area contributed by atoms with Gasteiger partial charge >= 0.3 is 0 Å². The molecule has 0 aromatic carbocycles. The number of hydrogen-bond acceptors (Lipinski definition) is 3. The molecular weight excluding hydrogens is 190 g/mol. The van der Waals surface area contributed by atoms with Crippen molar-refractivity contribution in [3.05, 3.63) is 0 Å². The van der Waals surface area contributed by atoms with Gasteiger partial charge in [0.15, 0.2) is 0 Å². The van der Waals surface area contributed by atoms with Crippen LogP contribution in [0.3, 0.4) is 0 Å². The largest absolute Gasteiger partial charge is 0.352 e. The van der Waals surface area contributed by atoms with E-state index in [1.165, 1.54) is 0 Å². The van der Waals surface area contributed by atoms with Crippen molar-refractivity contribution in [2.75, 3.05) is 27.2 Å². The van der Waals surface area contributed by atoms with Crippen molar-refractivity contribution in [1.82, 2.24) is 10.2 Å². The van der Waals surface area contributed by atoms with E-state index >= 15 is 0 Å². The zero-order chi connectivity index (χ0) is 11.8. The van der Waals surface area contributed by atoms with Crippen LogP contribution in [-0.4, -0.2) is 44.0 Å². The molecule has 0 aromatic heterocycles. The average Bonchev–Trinajstić information content (AvgIpc) is 2.12. The Hall–Kier alpha value is -0.610. The van der Waals surface area contributed by atoms with Gasteiger partial charge in [0.25, 0.3) is 0 Å². The molecule has 0 bridgehead atoms. The van der Waals surface area contributed by atoms with Crippen molar-refractivity contribution in [2.24, 2.45) is 11.7 Å². The van der Waals surface area contributed by atoms with Crippen molar-refractivity contribution in [3.63, 3.8) is 0 Å². The quantitative estimate of drug-likeness (QED) is 0.647. The summed E-state index contributed by atoms with van der Waals surface area (Å²) in [6, 6.07) is 0.227. The van der Waals surface area contributed by atoms with Gasteiger partial charge in [0, 0.05) is 19.0 Å². The number of nitrogens with zero attached hydrogens (tertiary/aromatic N) is 1. The molecule has 1 amide bonds. The lowest BCUT2D eigenvalue weighted by molar-refractivity contribution is -0.122. The van der Waals surface area contributed by atoms with Gasteiger partial charge in [-0.05, 0) is 33.0 Å². The van der Waals surface area contributed by atoms with E-state index in [9.17, 15) is 4.79 Å². The summed E-state index contributed by atoms with van der Waals surface area (Å²) in [5.74, 6) is 0.565. The van der Waals surface area contributed by atoms with Gasteiger partial charge < -0.3 is 16.0 Å². The van der Waals surface area contributed by atoms with Crippen molar-refractivity contribution < 1.29 is 4.79 Å². The molecule has 1 atom stereocenters. The van der Waals surface area contributed by atoms with E-state index in [1.54, 1.807) is 0 Å². The van der Waals surface area contributed by atoms with E-state index in [2.05, 4.69) is 24.1 Å². The van der Waals surface area contributed by atoms with Crippen molar-refractivity contribution in [1.29, 1.82) is 0 Å². The molecule has 0 saturated heterocycles. The first-order valence-electron chi connectivity index (χ1n) is 5.61. The Bertz CT molecular complexity index is 181. The number of carbonyl (C=O) groups is 1. The molecule has 0 aliphatic heterocycles. The summed E-state index contributed by atoms with van der Waals surface area (Å²) in [5, 5.41) is 3.05. The van der Waals surface area contributed by atoms with Gasteiger partial charge in [0.1, 0.15) is 0 Å². The van der Waals surface area contributed by atoms with Crippen LogP contribution >= 0.6 is 0 Å². The number of amides is 1. The average molecular weight is 215 g/mol. The first kappa shape index (κ1) is 14.4. The second kappa shape index (κ2) is 7.65. The van der Waals surface area contributed by atoms with Gasteiger partial charge in [-0.3, -0.25) is 4.79 Å². The maximum absolute atomic E-state index is 11.5. The Morgan fingerprint density at radius 2 is 2.00 bits per heavy atom. The van der Waals surface area contributed by atoms with E-state index < -0.39 is 0 Å². The molecule has 3 N–H and O–H groups in total. The zero-order valence-electron chi connectivity index (χ0n) is 10.4. The maximum atomic E-state index is 11.5. The molecule has 0 aromatic rings. The van der Waals surface area contributed by atoms with Crippen LogP contribution in [0.2, 0.25) is 0 Å². The molecule has 0 heterocycles. The molecule has 0 radical (unpaired) electrons. The lowest BCUT2D eigenvalue weighted by Gasteiger charge is -2.25. The molecule has 0 saturated carbocycles. The molecule has 0 aliphatic carbocycles. The molecule has 0 rings (SSSR count). The van der Waals surface area contributed by atoms with Gasteiger partial charge in [-0.1, -0.05) is 13.8 Å². The Morgan fingerprint density at radius 1 is 1.40 bits per heavy atom. The molecule has 0 fully saturated rings. The summed E-state index contributed by atoms with van der Waals surface area (Å²) in [7, 11) is 4.03. The van der Waals surface area contributed by atoms with E-state index in [-0.39, 0.29) is 11.9 Å². The van der Waals surface area contributed by atoms with Gasteiger partial charge in [-0.15, -0.1) is 0 Å². The first-order chi connectivity index (χ1) is 6.97. The molecule has 0 aliphatic rings. The van der Waals surface area contributed by atoms with E-state index in [4.69, 9.17) is 5.73 Å². The third-order valence-corrected chi connectivity index (χ3v) is 2.32. The smallest absolute Gasteiger partial charge is 0.220 e. The summed E-state index contributed by atoms with van der Waals surface area (Å²) < 4.78 is 0. The van der Waals surface area contributed by atoms with Crippen LogP contribution in [-0.2, 0) is 4.79 Å². The molecular formula is C11H25N3O. The minimum atomic E-state index is 0.112. The molecule has 0 spiro atoms. The first-order valence-corrected chi connectivity index (χ1v) is 5.61. The third kappa shape index (κ3) is 7.33. The normalized spacial score (nSPS) is 13.3. The van der Waals surface area contributed by atoms with Gasteiger partial charge in [0.2, 0.25) is 5.91 Å². The second-order valence-electron chi connectivity index (χ2n) is 4.57. The van der Waals surface area contributed by atoms with Crippen LogP contribution in [0.5, 0.6) is 0 Å². The van der Waals surface area contributed by atoms with Crippen LogP contribution in [0.15, 0.2) is 0 Å². The predicted octanol–water partition coefficient (Wildman–Crippen LogP) is 0.428. The standard InChI is InChI=1S/C11H25N3O/c1-9(2)10(8-14(3)4)13-11(15)6-5-7-12/h9-10H,5-8,12H2,1-4H3,(H,13,15). The Kier molecular flexibility index (Phi) is 7.34. The molecule has 15 heavy (non-hydrogen) atoms. The lowest BCUT2D eigenvalue weighted by Crippen LogP contribution is -2.45. The Labute approximate surface area is 93.2 Å². The number of rotatable bonds is 7. The summed E-state index contributed by atoms with van der Waals surface area (Å²) in [6.07, 6.45) is 1.30. The fourth-order valence-corrected chi connectivity index (χ4v) is 1.36. The van der Waals surface area contributed by atoms with Crippen LogP contribution in [0.25, 0.3) is 0 Å². The fraction of sp³-hybridized carbons (Fsp3) is 0.909. The molecule has 90 valence electrons. The van der Waals surface area contributed by atoms with Crippen LogP contribution in [0.4, 0.5) is 0 Å². The predicted molar refractivity (Wildman–Crippen MR) is 63.6 cm³/mol. The highest BCUT2D eigenvalue weighted by molar-refractivity contribution is 5.76. The number of carbonyl (C=O) groups excluding carboxylic acids is 1. The van der Waals surface area contributed by atoms with E-state index in [0.717, 1.165) is 13.0 Å². The SMILES string of the molecule is CC(C)C(CN(C)C)NC(=O)CCCN. The topological polar surface area (TPSA) is 58.4 Å². The summed E-state index contributed by atoms with van der Waals surface area (Å²) >= 11 is 0. The van der Waals surface area contributed by atoms with Crippen LogP contribution in [0, 0.1) is 5.92 Å². The summed E-state index contributed by atoms with van der Waals surface area (Å²) in [4.78, 5) is 13.6. The van der Waals surface area contributed by atoms with Crippen LogP contribution < -0.4 is 11.1 Å². The molecule has 4 nitrogen and oxygen atoms in total. The lowest BCUT2D eigenvalue weighted by atomic mass is 10.0. The minimum Gasteiger partial charge on any atom is -0.352 e. The fourth-order valence-electron chi connectivity index (χ4n) is 1.36. The zero-order valence-corrected chi connectivity index (χ0v) is 10.4. The minimum absolute atomic E-state index is 0.112. The Balaban J connectivity index is 3.99. The molecule has 1 unspecified atom stereocenters. The summed E-state index contributed by atoms with van der Waals surface area (Å²) in [6.45, 7) is 5.70. The number of hydrogen-bond donors (Lipinski definition) is 2. The third-order valence-electron chi connectivity index (χ3n) is 2.32. The van der Waals surface area contributed by atoms with E-state index in [1.807, 2.05) is 14.1 Å². The highest BCUT2D eigenvalue weighted by atomic mass is 16.1. The number of nitrogens with two attached hydrogens (primary N) is 1. The van der Waals surface area contributed by atoms with Crippen LogP contribution in [0.1, 0.15) is 26.7 Å². The molecule has 4 heteroatoms. The summed E-state index contributed by atoms with van der Waals surface area (Å²) in [5.41, 5.74) is 5.36. The maximum Gasteiger partial charge on any atom is 0.220 e. The highest BCUT2D eigenvalue weighted by Gasteiger charge is 2.16. The highest BCUT2D eigenvalue weighted by Crippen LogP contribution is 2.03. The van der Waals surface area contributed by atoms with E-state index in [0.29, 0.717) is 18.9 Å². The number of likely N-dealkylation sites (N-methyl/N-ethyl adjacent to an activating group) is 1. The van der Waals surface area contributed by atoms with Gasteiger partial charge in [-0.2, -0.15) is 0 Å². The second-order valence-corrected chi connectivity index (χ2v) is 4.57. The van der Waals surface area contributed by atoms with Crippen molar-refractivity contribution in [3.8, 4) is 0 Å². The van der Waals surface area contributed by atoms with Gasteiger partial charge in [-0.25, -0.2) is 0 Å². The number of nitrogens with one attached hydrogen (secondary N) is 1. The van der Waals surface area contributed by atoms with Crippen molar-refractivity contribution >= 4 is 5.91 Å².